The average molecular weight is 365 g/mol. The Balaban J connectivity index is 1.37. The normalized spacial score (nSPS) is 17.1. The third kappa shape index (κ3) is 4.59. The van der Waals surface area contributed by atoms with Crippen molar-refractivity contribution in [2.45, 2.75) is 31.5 Å². The molecule has 1 saturated heterocycles. The molecule has 0 radical (unpaired) electrons. The Labute approximate surface area is 158 Å². The number of benzene rings is 2. The van der Waals surface area contributed by atoms with Gasteiger partial charge in [-0.05, 0) is 49.2 Å². The van der Waals surface area contributed by atoms with Crippen LogP contribution in [-0.2, 0) is 6.54 Å². The molecule has 0 spiro atoms. The molecular formula is C21H24FN5. The molecule has 1 unspecified atom stereocenters. The largest absolute Gasteiger partial charge is 0.301 e. The SMILES string of the molecule is Fc1cccc(CN2CCC(NC(c3ccccc3)c3ncn[nH]3)CC2)c1. The number of rotatable bonds is 6. The topological polar surface area (TPSA) is 56.8 Å². The van der Waals surface area contributed by atoms with Gasteiger partial charge in [0.15, 0.2) is 0 Å². The van der Waals surface area contributed by atoms with E-state index in [0.717, 1.165) is 43.9 Å². The number of likely N-dealkylation sites (tertiary alicyclic amines) is 1. The van der Waals surface area contributed by atoms with Crippen LogP contribution in [-0.4, -0.2) is 39.2 Å². The van der Waals surface area contributed by atoms with Crippen LogP contribution in [0.3, 0.4) is 0 Å². The van der Waals surface area contributed by atoms with Crippen molar-refractivity contribution in [3.8, 4) is 0 Å². The number of aromatic nitrogens is 3. The van der Waals surface area contributed by atoms with Crippen LogP contribution in [0.5, 0.6) is 0 Å². The quantitative estimate of drug-likeness (QED) is 0.704. The molecule has 2 heterocycles. The molecule has 6 heteroatoms. The monoisotopic (exact) mass is 365 g/mol. The zero-order chi connectivity index (χ0) is 18.5. The predicted molar refractivity (Wildman–Crippen MR) is 103 cm³/mol. The molecule has 1 aliphatic heterocycles. The lowest BCUT2D eigenvalue weighted by Crippen LogP contribution is -2.43. The highest BCUT2D eigenvalue weighted by atomic mass is 19.1. The average Bonchev–Trinajstić information content (AvgIpc) is 3.23. The van der Waals surface area contributed by atoms with Crippen LogP contribution in [0.25, 0.3) is 0 Å². The maximum atomic E-state index is 13.4. The first-order chi connectivity index (χ1) is 13.3. The summed E-state index contributed by atoms with van der Waals surface area (Å²) < 4.78 is 13.4. The lowest BCUT2D eigenvalue weighted by molar-refractivity contribution is 0.186. The van der Waals surface area contributed by atoms with Crippen LogP contribution < -0.4 is 5.32 Å². The Morgan fingerprint density at radius 1 is 1.11 bits per heavy atom. The molecular weight excluding hydrogens is 341 g/mol. The van der Waals surface area contributed by atoms with Crippen molar-refractivity contribution in [1.82, 2.24) is 25.4 Å². The lowest BCUT2D eigenvalue weighted by atomic mass is 10.00. The molecule has 1 aliphatic rings. The highest BCUT2D eigenvalue weighted by Crippen LogP contribution is 2.22. The molecule has 140 valence electrons. The van der Waals surface area contributed by atoms with Crippen LogP contribution in [0.4, 0.5) is 4.39 Å². The number of H-pyrrole nitrogens is 1. The number of hydrogen-bond donors (Lipinski definition) is 2. The Bertz CT molecular complexity index is 829. The second-order valence-electron chi connectivity index (χ2n) is 7.06. The fourth-order valence-electron chi connectivity index (χ4n) is 3.72. The minimum Gasteiger partial charge on any atom is -0.301 e. The molecule has 5 nitrogen and oxygen atoms in total. The van der Waals surface area contributed by atoms with E-state index < -0.39 is 0 Å². The van der Waals surface area contributed by atoms with Gasteiger partial charge in [0.05, 0.1) is 6.04 Å². The molecule has 0 amide bonds. The summed E-state index contributed by atoms with van der Waals surface area (Å²) in [4.78, 5) is 6.75. The second-order valence-corrected chi connectivity index (χ2v) is 7.06. The van der Waals surface area contributed by atoms with Crippen molar-refractivity contribution < 1.29 is 4.39 Å². The summed E-state index contributed by atoms with van der Waals surface area (Å²) in [7, 11) is 0. The van der Waals surface area contributed by atoms with E-state index in [2.05, 4.69) is 37.5 Å². The summed E-state index contributed by atoms with van der Waals surface area (Å²) in [5.74, 6) is 0.671. The summed E-state index contributed by atoms with van der Waals surface area (Å²) in [5, 5.41) is 10.8. The highest BCUT2D eigenvalue weighted by molar-refractivity contribution is 5.24. The van der Waals surface area contributed by atoms with E-state index >= 15 is 0 Å². The van der Waals surface area contributed by atoms with Crippen LogP contribution in [0.2, 0.25) is 0 Å². The Morgan fingerprint density at radius 3 is 2.63 bits per heavy atom. The summed E-state index contributed by atoms with van der Waals surface area (Å²) in [6, 6.07) is 17.6. The van der Waals surface area contributed by atoms with Gasteiger partial charge >= 0.3 is 0 Å². The van der Waals surface area contributed by atoms with E-state index in [1.165, 1.54) is 11.6 Å². The van der Waals surface area contributed by atoms with Crippen molar-refractivity contribution in [2.24, 2.45) is 0 Å². The van der Waals surface area contributed by atoms with Gasteiger partial charge in [-0.1, -0.05) is 42.5 Å². The summed E-state index contributed by atoms with van der Waals surface area (Å²) in [6.07, 6.45) is 3.65. The van der Waals surface area contributed by atoms with Gasteiger partial charge in [-0.3, -0.25) is 10.00 Å². The van der Waals surface area contributed by atoms with Gasteiger partial charge < -0.3 is 5.32 Å². The molecule has 1 aromatic heterocycles. The maximum absolute atomic E-state index is 13.4. The number of nitrogens with one attached hydrogen (secondary N) is 2. The summed E-state index contributed by atoms with van der Waals surface area (Å²) in [6.45, 7) is 2.78. The molecule has 0 bridgehead atoms. The Kier molecular flexibility index (Phi) is 5.55. The van der Waals surface area contributed by atoms with Gasteiger partial charge in [0.25, 0.3) is 0 Å². The number of hydrogen-bond acceptors (Lipinski definition) is 4. The van der Waals surface area contributed by atoms with Crippen molar-refractivity contribution in [3.05, 3.63) is 83.7 Å². The van der Waals surface area contributed by atoms with Gasteiger partial charge in [0.1, 0.15) is 18.0 Å². The van der Waals surface area contributed by atoms with Crippen LogP contribution in [0.1, 0.15) is 35.8 Å². The first kappa shape index (κ1) is 17.8. The molecule has 27 heavy (non-hydrogen) atoms. The molecule has 0 saturated carbocycles. The minimum atomic E-state index is -0.165. The van der Waals surface area contributed by atoms with E-state index in [4.69, 9.17) is 0 Å². The van der Waals surface area contributed by atoms with Gasteiger partial charge in [0.2, 0.25) is 0 Å². The van der Waals surface area contributed by atoms with E-state index in [1.54, 1.807) is 18.5 Å². The fraction of sp³-hybridized carbons (Fsp3) is 0.333. The lowest BCUT2D eigenvalue weighted by Gasteiger charge is -2.34. The molecule has 2 N–H and O–H groups in total. The van der Waals surface area contributed by atoms with Crippen LogP contribution in [0.15, 0.2) is 60.9 Å². The smallest absolute Gasteiger partial charge is 0.145 e. The van der Waals surface area contributed by atoms with E-state index in [1.807, 2.05) is 24.3 Å². The van der Waals surface area contributed by atoms with Crippen LogP contribution >= 0.6 is 0 Å². The van der Waals surface area contributed by atoms with Gasteiger partial charge in [-0.2, -0.15) is 5.10 Å². The van der Waals surface area contributed by atoms with Gasteiger partial charge in [0, 0.05) is 12.6 Å². The van der Waals surface area contributed by atoms with Gasteiger partial charge in [-0.25, -0.2) is 9.37 Å². The van der Waals surface area contributed by atoms with Crippen molar-refractivity contribution in [2.75, 3.05) is 13.1 Å². The molecule has 3 aromatic rings. The number of aromatic amines is 1. The van der Waals surface area contributed by atoms with E-state index in [-0.39, 0.29) is 11.9 Å². The predicted octanol–water partition coefficient (Wildman–Crippen LogP) is 3.29. The first-order valence-corrected chi connectivity index (χ1v) is 9.41. The molecule has 4 rings (SSSR count). The number of halogens is 1. The Morgan fingerprint density at radius 2 is 1.93 bits per heavy atom. The number of nitrogens with zero attached hydrogens (tertiary/aromatic N) is 3. The zero-order valence-electron chi connectivity index (χ0n) is 15.2. The standard InChI is InChI=1S/C21H24FN5/c22-18-8-4-5-16(13-18)14-27-11-9-19(10-12-27)25-20(21-23-15-24-26-21)17-6-2-1-3-7-17/h1-8,13,15,19-20,25H,9-12,14H2,(H,23,24,26). The fourth-order valence-corrected chi connectivity index (χ4v) is 3.72. The number of piperidine rings is 1. The summed E-state index contributed by atoms with van der Waals surface area (Å²) in [5.41, 5.74) is 2.21. The second kappa shape index (κ2) is 8.41. The van der Waals surface area contributed by atoms with E-state index in [0.29, 0.717) is 6.04 Å². The molecule has 2 aromatic carbocycles. The highest BCUT2D eigenvalue weighted by Gasteiger charge is 2.24. The minimum absolute atomic E-state index is 0.00784. The van der Waals surface area contributed by atoms with Crippen molar-refractivity contribution in [3.63, 3.8) is 0 Å². The first-order valence-electron chi connectivity index (χ1n) is 9.41. The Hall–Kier alpha value is -2.57. The van der Waals surface area contributed by atoms with E-state index in [9.17, 15) is 4.39 Å². The third-order valence-corrected chi connectivity index (χ3v) is 5.13. The third-order valence-electron chi connectivity index (χ3n) is 5.13. The van der Waals surface area contributed by atoms with Crippen LogP contribution in [0, 0.1) is 5.82 Å². The molecule has 0 aliphatic carbocycles. The molecule has 1 fully saturated rings. The molecule has 1 atom stereocenters. The van der Waals surface area contributed by atoms with Crippen molar-refractivity contribution >= 4 is 0 Å². The van der Waals surface area contributed by atoms with Gasteiger partial charge in [-0.15, -0.1) is 0 Å². The summed E-state index contributed by atoms with van der Waals surface area (Å²) >= 11 is 0. The zero-order valence-corrected chi connectivity index (χ0v) is 15.2. The van der Waals surface area contributed by atoms with Crippen molar-refractivity contribution in [1.29, 1.82) is 0 Å². The maximum Gasteiger partial charge on any atom is 0.145 e.